The Bertz CT molecular complexity index is 539. The summed E-state index contributed by atoms with van der Waals surface area (Å²) in [4.78, 5) is 5.57. The minimum absolute atomic E-state index is 0.680. The zero-order valence-corrected chi connectivity index (χ0v) is 10.6. The van der Waals surface area contributed by atoms with Gasteiger partial charge >= 0.3 is 7.25 Å². The van der Waals surface area contributed by atoms with Gasteiger partial charge in [-0.15, -0.1) is 0 Å². The van der Waals surface area contributed by atoms with Crippen LogP contribution in [0.2, 0.25) is 0 Å². The summed E-state index contributed by atoms with van der Waals surface area (Å²) < 4.78 is 40.9. The Balaban J connectivity index is 0.000000312. The normalized spacial score (nSPS) is 10.8. The number of aromatic nitrogens is 1. The number of hydrogen-bond acceptors (Lipinski definition) is 1. The highest BCUT2D eigenvalue weighted by molar-refractivity contribution is 6.50. The van der Waals surface area contributed by atoms with Crippen molar-refractivity contribution < 1.29 is 26.8 Å². The summed E-state index contributed by atoms with van der Waals surface area (Å²) in [7, 11) is -6.00. The Hall–Kier alpha value is -1.79. The zero-order chi connectivity index (χ0) is 14.5. The molecule has 0 saturated carbocycles. The van der Waals surface area contributed by atoms with Crippen LogP contribution in [-0.2, 0) is 0 Å². The van der Waals surface area contributed by atoms with Gasteiger partial charge in [-0.1, -0.05) is 12.1 Å². The quantitative estimate of drug-likeness (QED) is 0.466. The molecule has 0 N–H and O–H groups in total. The molecule has 0 aliphatic heterocycles. The highest BCUT2D eigenvalue weighted by atomic mass is 19.5. The van der Waals surface area contributed by atoms with Crippen molar-refractivity contribution in [2.45, 2.75) is 13.8 Å². The summed E-state index contributed by atoms with van der Waals surface area (Å²) >= 11 is 0. The van der Waals surface area contributed by atoms with Gasteiger partial charge in [-0.3, -0.25) is 4.84 Å². The molecule has 0 radical (unpaired) electrons. The van der Waals surface area contributed by atoms with E-state index in [1.54, 1.807) is 0 Å². The minimum Gasteiger partial charge on any atom is -0.418 e. The van der Waals surface area contributed by atoms with Crippen LogP contribution in [-0.4, -0.2) is 13.9 Å². The van der Waals surface area contributed by atoms with Crippen LogP contribution in [0.5, 0.6) is 0 Å². The number of hydrogen-bond donors (Lipinski definition) is 0. The van der Waals surface area contributed by atoms with Gasteiger partial charge in [0.05, 0.1) is 5.39 Å². The van der Waals surface area contributed by atoms with E-state index in [1.165, 1.54) is 5.39 Å². The van der Waals surface area contributed by atoms with Gasteiger partial charge in [0.2, 0.25) is 5.69 Å². The Labute approximate surface area is 108 Å². The Kier molecular flexibility index (Phi) is 5.15. The Morgan fingerprint density at radius 3 is 2.21 bits per heavy atom. The molecule has 0 aliphatic carbocycles. The SMILES string of the molecule is CCO[n+]1c(C)ccc2ccccc21.F[B-](F)(F)F. The molecule has 1 aromatic carbocycles. The van der Waals surface area contributed by atoms with E-state index >= 15 is 0 Å². The fourth-order valence-electron chi connectivity index (χ4n) is 1.58. The van der Waals surface area contributed by atoms with Gasteiger partial charge in [-0.2, -0.15) is 0 Å². The average Bonchev–Trinajstić information content (AvgIpc) is 2.31. The van der Waals surface area contributed by atoms with E-state index < -0.39 is 7.25 Å². The van der Waals surface area contributed by atoms with Crippen LogP contribution < -0.4 is 9.57 Å². The summed E-state index contributed by atoms with van der Waals surface area (Å²) in [5.41, 5.74) is 2.24. The van der Waals surface area contributed by atoms with Gasteiger partial charge in [0.25, 0.3) is 5.52 Å². The molecule has 0 fully saturated rings. The second kappa shape index (κ2) is 6.40. The molecule has 0 amide bonds. The second-order valence-electron chi connectivity index (χ2n) is 3.74. The summed E-state index contributed by atoms with van der Waals surface area (Å²) in [6, 6.07) is 12.4. The van der Waals surface area contributed by atoms with Gasteiger partial charge in [-0.05, 0) is 19.1 Å². The maximum absolute atomic E-state index is 9.75. The monoisotopic (exact) mass is 275 g/mol. The van der Waals surface area contributed by atoms with E-state index in [9.17, 15) is 17.3 Å². The first-order valence-electron chi connectivity index (χ1n) is 5.74. The van der Waals surface area contributed by atoms with Crippen LogP contribution in [0.4, 0.5) is 17.3 Å². The van der Waals surface area contributed by atoms with Crippen molar-refractivity contribution in [1.82, 2.24) is 0 Å². The maximum atomic E-state index is 9.75. The molecule has 1 aromatic heterocycles. The number of fused-ring (bicyclic) bond motifs is 1. The fraction of sp³-hybridized carbons (Fsp3) is 0.250. The predicted octanol–water partition coefficient (Wildman–Crippen LogP) is 3.18. The van der Waals surface area contributed by atoms with Crippen LogP contribution in [0, 0.1) is 6.92 Å². The summed E-state index contributed by atoms with van der Waals surface area (Å²) in [6.45, 7) is 4.72. The molecular weight excluding hydrogens is 261 g/mol. The van der Waals surface area contributed by atoms with Crippen molar-refractivity contribution in [3.63, 3.8) is 0 Å². The zero-order valence-electron chi connectivity index (χ0n) is 10.6. The largest absolute Gasteiger partial charge is 0.673 e. The standard InChI is InChI=1S/C12H14NO.BF4/c1-3-14-13-10(2)8-9-11-6-4-5-7-12(11)13;2-1(3,4)5/h4-9H,3H2,1-2H3;/q+1;-1. The lowest BCUT2D eigenvalue weighted by atomic mass is 10.2. The van der Waals surface area contributed by atoms with Crippen LogP contribution in [0.25, 0.3) is 10.9 Å². The number of aryl methyl sites for hydroxylation is 1. The van der Waals surface area contributed by atoms with Crippen molar-refractivity contribution >= 4 is 18.2 Å². The van der Waals surface area contributed by atoms with Crippen molar-refractivity contribution in [2.75, 3.05) is 6.61 Å². The summed E-state index contributed by atoms with van der Waals surface area (Å²) in [5.74, 6) is 0. The van der Waals surface area contributed by atoms with Gasteiger partial charge in [0, 0.05) is 23.8 Å². The number of benzene rings is 1. The first-order valence-corrected chi connectivity index (χ1v) is 5.74. The smallest absolute Gasteiger partial charge is 0.418 e. The summed E-state index contributed by atoms with van der Waals surface area (Å²) in [5, 5.41) is 1.20. The molecule has 0 saturated heterocycles. The van der Waals surface area contributed by atoms with Crippen LogP contribution >= 0.6 is 0 Å². The number of para-hydroxylation sites is 1. The molecule has 0 atom stereocenters. The third-order valence-electron chi connectivity index (χ3n) is 2.24. The Morgan fingerprint density at radius 1 is 1.05 bits per heavy atom. The molecule has 0 aliphatic rings. The van der Waals surface area contributed by atoms with Crippen LogP contribution in [0.3, 0.4) is 0 Å². The average molecular weight is 275 g/mol. The molecule has 2 rings (SSSR count). The Morgan fingerprint density at radius 2 is 1.63 bits per heavy atom. The highest BCUT2D eigenvalue weighted by Crippen LogP contribution is 2.09. The topological polar surface area (TPSA) is 13.1 Å². The van der Waals surface area contributed by atoms with Crippen molar-refractivity contribution in [3.8, 4) is 0 Å². The van der Waals surface area contributed by atoms with E-state index in [-0.39, 0.29) is 0 Å². The molecule has 0 spiro atoms. The lowest BCUT2D eigenvalue weighted by Gasteiger charge is -2.01. The van der Waals surface area contributed by atoms with E-state index in [0.29, 0.717) is 6.61 Å². The molecular formula is C12H14BF4NO. The molecule has 0 bridgehead atoms. The third kappa shape index (κ3) is 5.15. The lowest BCUT2D eigenvalue weighted by molar-refractivity contribution is -0.874. The maximum Gasteiger partial charge on any atom is 0.673 e. The lowest BCUT2D eigenvalue weighted by Crippen LogP contribution is -2.45. The van der Waals surface area contributed by atoms with E-state index in [0.717, 1.165) is 11.2 Å². The van der Waals surface area contributed by atoms with E-state index in [1.807, 2.05) is 30.7 Å². The number of nitrogens with zero attached hydrogens (tertiary/aromatic N) is 1. The number of halogens is 4. The molecule has 2 nitrogen and oxygen atoms in total. The van der Waals surface area contributed by atoms with E-state index in [2.05, 4.69) is 24.3 Å². The van der Waals surface area contributed by atoms with Crippen LogP contribution in [0.1, 0.15) is 12.6 Å². The molecule has 104 valence electrons. The summed E-state index contributed by atoms with van der Waals surface area (Å²) in [6.07, 6.45) is 0. The highest BCUT2D eigenvalue weighted by Gasteiger charge is 2.20. The number of rotatable bonds is 2. The molecule has 2 aromatic rings. The van der Waals surface area contributed by atoms with Crippen molar-refractivity contribution in [1.29, 1.82) is 0 Å². The second-order valence-corrected chi connectivity index (χ2v) is 3.74. The first-order chi connectivity index (χ1) is 8.83. The number of pyridine rings is 1. The van der Waals surface area contributed by atoms with Crippen molar-refractivity contribution in [2.24, 2.45) is 0 Å². The minimum atomic E-state index is -6.00. The van der Waals surface area contributed by atoms with Gasteiger partial charge < -0.3 is 17.3 Å². The third-order valence-corrected chi connectivity index (χ3v) is 2.24. The molecule has 1 heterocycles. The van der Waals surface area contributed by atoms with Crippen LogP contribution in [0.15, 0.2) is 36.4 Å². The molecule has 0 unspecified atom stereocenters. The van der Waals surface area contributed by atoms with Gasteiger partial charge in [0.15, 0.2) is 6.61 Å². The van der Waals surface area contributed by atoms with Gasteiger partial charge in [-0.25, -0.2) is 0 Å². The first kappa shape index (κ1) is 15.3. The van der Waals surface area contributed by atoms with Gasteiger partial charge in [0.1, 0.15) is 0 Å². The molecule has 7 heteroatoms. The fourth-order valence-corrected chi connectivity index (χ4v) is 1.58. The predicted molar refractivity (Wildman–Crippen MR) is 66.2 cm³/mol. The van der Waals surface area contributed by atoms with Crippen molar-refractivity contribution in [3.05, 3.63) is 42.1 Å². The van der Waals surface area contributed by atoms with E-state index in [4.69, 9.17) is 4.84 Å². The molecule has 19 heavy (non-hydrogen) atoms.